The molecule has 238 valence electrons. The van der Waals surface area contributed by atoms with E-state index >= 15 is 0 Å². The molecule has 8 N–H and O–H groups in total. The monoisotopic (exact) mass is 726 g/mol. The van der Waals surface area contributed by atoms with E-state index in [1.54, 1.807) is 0 Å². The minimum Gasteiger partial charge on any atom is -0.286 e. The molecular weight excluding hydrogens is 669 g/mol. The molecule has 8 bridgehead atoms. The fourth-order valence-electron chi connectivity index (χ4n) is 12.0. The first-order valence-electron chi connectivity index (χ1n) is 17.9. The van der Waals surface area contributed by atoms with Crippen molar-refractivity contribution in [2.75, 3.05) is 0 Å². The Morgan fingerprint density at radius 3 is 0.463 bits per heavy atom. The fraction of sp³-hybridized carbons (Fsp3) is 1.00. The van der Waals surface area contributed by atoms with Gasteiger partial charge < -0.3 is 0 Å². The molecule has 9 heteroatoms. The zero-order chi connectivity index (χ0) is 26.2. The van der Waals surface area contributed by atoms with Crippen molar-refractivity contribution < 1.29 is 46.9 Å². The van der Waals surface area contributed by atoms with Gasteiger partial charge in [0, 0.05) is 46.9 Å². The molecule has 4 saturated carbocycles. The molecule has 0 aromatic rings. The largest absolute Gasteiger partial charge is 0.286 e. The third-order valence-electron chi connectivity index (χ3n) is 13.8. The average molecular weight is 726 g/mol. The summed E-state index contributed by atoms with van der Waals surface area (Å²) in [5.74, 6) is 5.97. The van der Waals surface area contributed by atoms with Crippen molar-refractivity contribution in [1.82, 2.24) is 42.5 Å². The molecule has 5 heterocycles. The van der Waals surface area contributed by atoms with Gasteiger partial charge in [0.2, 0.25) is 0 Å². The number of hydrogen-bond acceptors (Lipinski definition) is 8. The van der Waals surface area contributed by atoms with Gasteiger partial charge in [-0.25, -0.2) is 0 Å². The molecule has 5 aliphatic heterocycles. The molecule has 4 aliphatic carbocycles. The van der Waals surface area contributed by atoms with E-state index in [0.717, 1.165) is 47.3 Å². The van der Waals surface area contributed by atoms with Crippen LogP contribution in [0.3, 0.4) is 0 Å². The molecular formula is C32H56N8Yb. The van der Waals surface area contributed by atoms with Gasteiger partial charge in [0.05, 0.1) is 49.3 Å². The standard InChI is InChI=1S/C32H56N8.Yb/c1-2-10-18-17(9-1)25-33-26(18)38-28-21-13-5-6-14-22(21)30(35-28)40-32-24-16-8-7-15-23(24)31(36-32)39-29-20-12-4-3-11-19(20)27(34-29)37-25;/h17-40H,1-16H2;. The Morgan fingerprint density at radius 1 is 0.220 bits per heavy atom. The van der Waals surface area contributed by atoms with Crippen molar-refractivity contribution in [2.24, 2.45) is 47.3 Å². The van der Waals surface area contributed by atoms with Gasteiger partial charge in [-0.3, -0.25) is 42.5 Å². The summed E-state index contributed by atoms with van der Waals surface area (Å²) in [5.41, 5.74) is 0. The van der Waals surface area contributed by atoms with E-state index in [-0.39, 0.29) is 46.9 Å². The first-order chi connectivity index (χ1) is 19.8. The van der Waals surface area contributed by atoms with Crippen LogP contribution in [-0.2, 0) is 0 Å². The van der Waals surface area contributed by atoms with Crippen LogP contribution in [0.2, 0.25) is 0 Å². The van der Waals surface area contributed by atoms with Gasteiger partial charge in [-0.1, -0.05) is 51.4 Å². The average Bonchev–Trinajstić information content (AvgIpc) is 3.73. The summed E-state index contributed by atoms with van der Waals surface area (Å²) in [6.07, 6.45) is 25.6. The summed E-state index contributed by atoms with van der Waals surface area (Å²) in [6, 6.07) is 0. The molecule has 41 heavy (non-hydrogen) atoms. The van der Waals surface area contributed by atoms with Crippen LogP contribution in [0.4, 0.5) is 0 Å². The number of fused-ring (bicyclic) bond motifs is 20. The Bertz CT molecular complexity index is 716. The zero-order valence-corrected chi connectivity index (χ0v) is 26.5. The smallest absolute Gasteiger partial charge is 0.0628 e. The molecule has 9 rings (SSSR count). The third kappa shape index (κ3) is 5.31. The van der Waals surface area contributed by atoms with Crippen molar-refractivity contribution in [3.8, 4) is 0 Å². The fourth-order valence-corrected chi connectivity index (χ4v) is 12.0. The maximum atomic E-state index is 4.26. The van der Waals surface area contributed by atoms with Gasteiger partial charge in [-0.2, -0.15) is 0 Å². The van der Waals surface area contributed by atoms with Crippen LogP contribution >= 0.6 is 0 Å². The third-order valence-corrected chi connectivity index (χ3v) is 13.8. The summed E-state index contributed by atoms with van der Waals surface area (Å²) in [4.78, 5) is 0. The van der Waals surface area contributed by atoms with E-state index in [9.17, 15) is 0 Å². The van der Waals surface area contributed by atoms with Crippen LogP contribution in [-0.4, -0.2) is 49.3 Å². The van der Waals surface area contributed by atoms with Gasteiger partial charge in [-0.05, 0) is 98.7 Å². The molecule has 0 aromatic carbocycles. The quantitative estimate of drug-likeness (QED) is 0.194. The van der Waals surface area contributed by atoms with Crippen molar-refractivity contribution in [2.45, 2.75) is 152 Å². The normalized spacial score (nSPS) is 56.2. The Balaban J connectivity index is 0.00000256. The van der Waals surface area contributed by atoms with Gasteiger partial charge in [0.1, 0.15) is 0 Å². The molecule has 0 aromatic heterocycles. The number of nitrogens with one attached hydrogen (secondary N) is 8. The molecule has 9 fully saturated rings. The van der Waals surface area contributed by atoms with Crippen LogP contribution in [0.5, 0.6) is 0 Å². The van der Waals surface area contributed by atoms with E-state index in [1.165, 1.54) is 103 Å². The molecule has 0 spiro atoms. The predicted molar refractivity (Wildman–Crippen MR) is 157 cm³/mol. The molecule has 5 saturated heterocycles. The maximum Gasteiger partial charge on any atom is 0.0628 e. The summed E-state index contributed by atoms with van der Waals surface area (Å²) < 4.78 is 0. The van der Waals surface area contributed by atoms with Gasteiger partial charge in [-0.15, -0.1) is 0 Å². The number of rotatable bonds is 0. The van der Waals surface area contributed by atoms with Crippen LogP contribution in [0, 0.1) is 94.3 Å². The molecule has 0 radical (unpaired) electrons. The molecule has 0 amide bonds. The van der Waals surface area contributed by atoms with E-state index < -0.39 is 0 Å². The molecule has 9 aliphatic rings. The second-order valence-corrected chi connectivity index (χ2v) is 15.6. The van der Waals surface area contributed by atoms with Crippen molar-refractivity contribution in [3.05, 3.63) is 0 Å². The molecule has 8 unspecified atom stereocenters. The first kappa shape index (κ1) is 29.6. The van der Waals surface area contributed by atoms with E-state index in [4.69, 9.17) is 0 Å². The van der Waals surface area contributed by atoms with E-state index in [1.807, 2.05) is 0 Å². The van der Waals surface area contributed by atoms with Crippen molar-refractivity contribution >= 4 is 0 Å². The zero-order valence-electron chi connectivity index (χ0n) is 24.8. The summed E-state index contributed by atoms with van der Waals surface area (Å²) >= 11 is 0. The first-order valence-corrected chi connectivity index (χ1v) is 17.9. The Hall–Kier alpha value is 1.20. The maximum absolute atomic E-state index is 4.26. The van der Waals surface area contributed by atoms with Crippen molar-refractivity contribution in [1.29, 1.82) is 0 Å². The topological polar surface area (TPSA) is 96.2 Å². The number of hydrogen-bond donors (Lipinski definition) is 8. The van der Waals surface area contributed by atoms with E-state index in [0.29, 0.717) is 49.3 Å². The van der Waals surface area contributed by atoms with E-state index in [2.05, 4.69) is 42.5 Å². The SMILES string of the molecule is C1CCC2C3NC(NC4NC(NC5NC(NC6NC(N3)C3CCCCC63)C3CCCCC53)C3CCCCC43)C2C1.[Yb]. The minimum absolute atomic E-state index is 0. The summed E-state index contributed by atoms with van der Waals surface area (Å²) in [6.45, 7) is 0. The predicted octanol–water partition coefficient (Wildman–Crippen LogP) is 2.61. The van der Waals surface area contributed by atoms with Crippen molar-refractivity contribution in [3.63, 3.8) is 0 Å². The molecule has 8 atom stereocenters. The minimum atomic E-state index is 0. The Kier molecular flexibility index (Phi) is 8.97. The van der Waals surface area contributed by atoms with Crippen LogP contribution in [0.1, 0.15) is 103 Å². The second-order valence-electron chi connectivity index (χ2n) is 15.6. The van der Waals surface area contributed by atoms with Crippen LogP contribution in [0.15, 0.2) is 0 Å². The summed E-state index contributed by atoms with van der Waals surface area (Å²) in [7, 11) is 0. The van der Waals surface area contributed by atoms with Crippen LogP contribution in [0.25, 0.3) is 0 Å². The van der Waals surface area contributed by atoms with Gasteiger partial charge >= 0.3 is 0 Å². The summed E-state index contributed by atoms with van der Waals surface area (Å²) in [5, 5.41) is 33.8. The second kappa shape index (κ2) is 12.4. The van der Waals surface area contributed by atoms with Gasteiger partial charge in [0.15, 0.2) is 0 Å². The van der Waals surface area contributed by atoms with Gasteiger partial charge in [0.25, 0.3) is 0 Å². The molecule has 8 nitrogen and oxygen atoms in total. The van der Waals surface area contributed by atoms with Crippen LogP contribution < -0.4 is 42.5 Å². The Morgan fingerprint density at radius 2 is 0.341 bits per heavy atom. The Labute approximate surface area is 286 Å².